The fourth-order valence-electron chi connectivity index (χ4n) is 2.95. The van der Waals surface area contributed by atoms with Gasteiger partial charge in [0.25, 0.3) is 0 Å². The van der Waals surface area contributed by atoms with Crippen LogP contribution in [0.15, 0.2) is 36.4 Å². The number of rotatable bonds is 5. The molecule has 3 nitrogen and oxygen atoms in total. The van der Waals surface area contributed by atoms with E-state index in [1.54, 1.807) is 0 Å². The number of aromatic nitrogens is 1. The zero-order chi connectivity index (χ0) is 14.7. The molecule has 0 saturated heterocycles. The summed E-state index contributed by atoms with van der Waals surface area (Å²) in [6, 6.07) is 13.0. The average molecular weight is 281 g/mol. The Morgan fingerprint density at radius 1 is 1.24 bits per heavy atom. The van der Waals surface area contributed by atoms with Gasteiger partial charge in [-0.3, -0.25) is 0 Å². The summed E-state index contributed by atoms with van der Waals surface area (Å²) in [6.45, 7) is 7.27. The van der Waals surface area contributed by atoms with Gasteiger partial charge in [0.2, 0.25) is 0 Å². The Labute approximate surface area is 127 Å². The summed E-state index contributed by atoms with van der Waals surface area (Å²) in [7, 11) is 0. The van der Waals surface area contributed by atoms with E-state index in [9.17, 15) is 0 Å². The van der Waals surface area contributed by atoms with Gasteiger partial charge >= 0.3 is 0 Å². The van der Waals surface area contributed by atoms with E-state index in [1.807, 2.05) is 0 Å². The van der Waals surface area contributed by atoms with E-state index in [0.29, 0.717) is 0 Å². The van der Waals surface area contributed by atoms with E-state index in [2.05, 4.69) is 60.5 Å². The molecule has 0 amide bonds. The zero-order valence-electron chi connectivity index (χ0n) is 12.9. The summed E-state index contributed by atoms with van der Waals surface area (Å²) in [6.07, 6.45) is 2.27. The molecule has 0 radical (unpaired) electrons. The van der Waals surface area contributed by atoms with E-state index in [0.717, 1.165) is 44.0 Å². The predicted octanol–water partition coefficient (Wildman–Crippen LogP) is 3.58. The van der Waals surface area contributed by atoms with Crippen LogP contribution in [0, 0.1) is 6.92 Å². The molecule has 1 aliphatic rings. The van der Waals surface area contributed by atoms with Crippen LogP contribution in [0.1, 0.15) is 30.2 Å². The standard InChI is InChI=1S/C18H23N3/c1-3-9-19-13-15-11-14(2)20-18(12-15)21-10-8-16-6-4-5-7-17(16)21/h4-7,11-12,19H,3,8-10,13H2,1-2H3. The molecule has 3 rings (SSSR count). The maximum atomic E-state index is 4.74. The molecule has 1 N–H and O–H groups in total. The average Bonchev–Trinajstić information content (AvgIpc) is 2.91. The first kappa shape index (κ1) is 14.1. The number of fused-ring (bicyclic) bond motifs is 1. The molecule has 0 aliphatic carbocycles. The van der Waals surface area contributed by atoms with Crippen molar-refractivity contribution in [1.82, 2.24) is 10.3 Å². The fourth-order valence-corrected chi connectivity index (χ4v) is 2.95. The molecule has 2 aromatic rings. The van der Waals surface area contributed by atoms with E-state index < -0.39 is 0 Å². The van der Waals surface area contributed by atoms with Gasteiger partial charge in [-0.1, -0.05) is 25.1 Å². The maximum Gasteiger partial charge on any atom is 0.133 e. The first-order valence-corrected chi connectivity index (χ1v) is 7.81. The Bertz CT molecular complexity index is 622. The smallest absolute Gasteiger partial charge is 0.133 e. The van der Waals surface area contributed by atoms with Crippen molar-refractivity contribution in [1.29, 1.82) is 0 Å². The topological polar surface area (TPSA) is 28.2 Å². The molecule has 0 fully saturated rings. The number of benzene rings is 1. The van der Waals surface area contributed by atoms with Crippen molar-refractivity contribution in [3.05, 3.63) is 53.2 Å². The Hall–Kier alpha value is -1.87. The van der Waals surface area contributed by atoms with Gasteiger partial charge in [-0.15, -0.1) is 0 Å². The minimum atomic E-state index is 0.916. The van der Waals surface area contributed by atoms with Crippen LogP contribution in [0.25, 0.3) is 0 Å². The molecule has 1 aliphatic heterocycles. The van der Waals surface area contributed by atoms with Crippen molar-refractivity contribution in [3.8, 4) is 0 Å². The Morgan fingerprint density at radius 2 is 2.10 bits per heavy atom. The minimum absolute atomic E-state index is 0.916. The molecule has 0 bridgehead atoms. The Balaban J connectivity index is 1.86. The number of nitrogens with zero attached hydrogens (tertiary/aromatic N) is 2. The SMILES string of the molecule is CCCNCc1cc(C)nc(N2CCc3ccccc32)c1. The van der Waals surface area contributed by atoms with Crippen molar-refractivity contribution in [2.45, 2.75) is 33.2 Å². The molecule has 2 heterocycles. The third kappa shape index (κ3) is 3.08. The molecule has 0 saturated carbocycles. The number of hydrogen-bond acceptors (Lipinski definition) is 3. The van der Waals surface area contributed by atoms with Crippen LogP contribution in [-0.4, -0.2) is 18.1 Å². The van der Waals surface area contributed by atoms with Gasteiger partial charge in [-0.25, -0.2) is 4.98 Å². The first-order chi connectivity index (χ1) is 10.3. The van der Waals surface area contributed by atoms with Crippen molar-refractivity contribution < 1.29 is 0 Å². The van der Waals surface area contributed by atoms with Gasteiger partial charge in [0.05, 0.1) is 0 Å². The van der Waals surface area contributed by atoms with Gasteiger partial charge in [0.1, 0.15) is 5.82 Å². The molecule has 110 valence electrons. The van der Waals surface area contributed by atoms with Gasteiger partial charge in [0.15, 0.2) is 0 Å². The Kier molecular flexibility index (Phi) is 4.20. The lowest BCUT2D eigenvalue weighted by Gasteiger charge is -2.20. The summed E-state index contributed by atoms with van der Waals surface area (Å²) in [5.74, 6) is 1.08. The van der Waals surface area contributed by atoms with Crippen LogP contribution in [0.3, 0.4) is 0 Å². The number of nitrogens with one attached hydrogen (secondary N) is 1. The molecular formula is C18H23N3. The molecule has 0 atom stereocenters. The normalized spacial score (nSPS) is 13.5. The van der Waals surface area contributed by atoms with Gasteiger partial charge < -0.3 is 10.2 Å². The number of anilines is 2. The monoisotopic (exact) mass is 281 g/mol. The second-order valence-electron chi connectivity index (χ2n) is 5.68. The fraction of sp³-hybridized carbons (Fsp3) is 0.389. The van der Waals surface area contributed by atoms with Crippen LogP contribution >= 0.6 is 0 Å². The van der Waals surface area contributed by atoms with Crippen LogP contribution in [0.4, 0.5) is 11.5 Å². The van der Waals surface area contributed by atoms with Crippen molar-refractivity contribution >= 4 is 11.5 Å². The molecule has 1 aromatic heterocycles. The molecule has 1 aromatic carbocycles. The van der Waals surface area contributed by atoms with E-state index in [4.69, 9.17) is 4.98 Å². The summed E-state index contributed by atoms with van der Waals surface area (Å²) in [4.78, 5) is 7.08. The zero-order valence-corrected chi connectivity index (χ0v) is 12.9. The molecule has 21 heavy (non-hydrogen) atoms. The highest BCUT2D eigenvalue weighted by Gasteiger charge is 2.21. The van der Waals surface area contributed by atoms with Crippen LogP contribution in [0.2, 0.25) is 0 Å². The minimum Gasteiger partial charge on any atom is -0.326 e. The predicted molar refractivity (Wildman–Crippen MR) is 88.1 cm³/mol. The molecule has 3 heteroatoms. The number of para-hydroxylation sites is 1. The van der Waals surface area contributed by atoms with Crippen molar-refractivity contribution in [2.24, 2.45) is 0 Å². The number of hydrogen-bond donors (Lipinski definition) is 1. The summed E-state index contributed by atoms with van der Waals surface area (Å²) in [5.41, 5.74) is 5.13. The highest BCUT2D eigenvalue weighted by molar-refractivity contribution is 5.67. The summed E-state index contributed by atoms with van der Waals surface area (Å²) in [5, 5.41) is 3.47. The summed E-state index contributed by atoms with van der Waals surface area (Å²) < 4.78 is 0. The third-order valence-corrected chi connectivity index (χ3v) is 3.92. The van der Waals surface area contributed by atoms with E-state index in [-0.39, 0.29) is 0 Å². The van der Waals surface area contributed by atoms with Crippen molar-refractivity contribution in [3.63, 3.8) is 0 Å². The quantitative estimate of drug-likeness (QED) is 0.849. The second kappa shape index (κ2) is 6.27. The molecular weight excluding hydrogens is 258 g/mol. The lowest BCUT2D eigenvalue weighted by molar-refractivity contribution is 0.674. The van der Waals surface area contributed by atoms with Crippen LogP contribution < -0.4 is 10.2 Å². The van der Waals surface area contributed by atoms with E-state index in [1.165, 1.54) is 16.8 Å². The first-order valence-electron chi connectivity index (χ1n) is 7.81. The number of pyridine rings is 1. The van der Waals surface area contributed by atoms with Crippen molar-refractivity contribution in [2.75, 3.05) is 18.0 Å². The third-order valence-electron chi connectivity index (χ3n) is 3.92. The largest absolute Gasteiger partial charge is 0.326 e. The van der Waals surface area contributed by atoms with Gasteiger partial charge in [-0.2, -0.15) is 0 Å². The van der Waals surface area contributed by atoms with E-state index >= 15 is 0 Å². The number of aryl methyl sites for hydroxylation is 1. The highest BCUT2D eigenvalue weighted by Crippen LogP contribution is 2.33. The Morgan fingerprint density at radius 3 is 2.95 bits per heavy atom. The van der Waals surface area contributed by atoms with Crippen LogP contribution in [-0.2, 0) is 13.0 Å². The molecule has 0 spiro atoms. The summed E-state index contributed by atoms with van der Waals surface area (Å²) >= 11 is 0. The van der Waals surface area contributed by atoms with Gasteiger partial charge in [0, 0.05) is 24.5 Å². The maximum absolute atomic E-state index is 4.74. The lowest BCUT2D eigenvalue weighted by Crippen LogP contribution is -2.17. The van der Waals surface area contributed by atoms with Gasteiger partial charge in [-0.05, 0) is 55.6 Å². The highest BCUT2D eigenvalue weighted by atomic mass is 15.2. The lowest BCUT2D eigenvalue weighted by atomic mass is 10.2. The second-order valence-corrected chi connectivity index (χ2v) is 5.68. The molecule has 0 unspecified atom stereocenters. The van der Waals surface area contributed by atoms with Crippen LogP contribution in [0.5, 0.6) is 0 Å².